The van der Waals surface area contributed by atoms with Gasteiger partial charge < -0.3 is 23.9 Å². The Kier molecular flexibility index (Phi) is 8.56. The summed E-state index contributed by atoms with van der Waals surface area (Å²) in [6.07, 6.45) is 2.12. The number of hydrogen-bond acceptors (Lipinski definition) is 8. The van der Waals surface area contributed by atoms with Crippen molar-refractivity contribution in [3.05, 3.63) is 41.5 Å². The number of carbonyl (C=O) groups is 1. The summed E-state index contributed by atoms with van der Waals surface area (Å²) in [7, 11) is 5.60. The molecule has 0 radical (unpaired) electrons. The van der Waals surface area contributed by atoms with Gasteiger partial charge in [0.2, 0.25) is 0 Å². The Balaban J connectivity index is 3.02. The van der Waals surface area contributed by atoms with Gasteiger partial charge in [-0.05, 0) is 12.1 Å². The Morgan fingerprint density at radius 3 is 2.40 bits per heavy atom. The molecule has 8 nitrogen and oxygen atoms in total. The molecule has 0 heterocycles. The maximum atomic E-state index is 11.5. The standard InChI is InChI=1S/C17H22N2O6/c1-12(25-18-11-16(22-3)19-24-5)13-8-6-7-9-14(13)15(21-2)10-17(20)23-4/h6-12H,1-5H3. The first-order chi connectivity index (χ1) is 12.1. The lowest BCUT2D eigenvalue weighted by Gasteiger charge is -2.16. The van der Waals surface area contributed by atoms with Crippen LogP contribution in [0.3, 0.4) is 0 Å². The molecule has 1 atom stereocenters. The van der Waals surface area contributed by atoms with Crippen molar-refractivity contribution in [2.45, 2.75) is 13.0 Å². The second-order valence-electron chi connectivity index (χ2n) is 4.62. The molecule has 1 aromatic rings. The smallest absolute Gasteiger partial charge is 0.334 e. The molecule has 0 fully saturated rings. The third kappa shape index (κ3) is 6.17. The van der Waals surface area contributed by atoms with Crippen molar-refractivity contribution in [2.24, 2.45) is 10.3 Å². The van der Waals surface area contributed by atoms with Gasteiger partial charge in [0, 0.05) is 11.1 Å². The normalized spacial score (nSPS) is 13.3. The van der Waals surface area contributed by atoms with Crippen molar-refractivity contribution in [1.82, 2.24) is 0 Å². The van der Waals surface area contributed by atoms with Crippen LogP contribution in [-0.4, -0.2) is 46.5 Å². The van der Waals surface area contributed by atoms with Crippen molar-refractivity contribution < 1.29 is 28.7 Å². The monoisotopic (exact) mass is 350 g/mol. The third-order valence-corrected chi connectivity index (χ3v) is 3.11. The number of hydrogen-bond donors (Lipinski definition) is 0. The van der Waals surface area contributed by atoms with Crippen LogP contribution in [0.5, 0.6) is 0 Å². The largest absolute Gasteiger partial charge is 0.496 e. The molecule has 0 saturated heterocycles. The van der Waals surface area contributed by atoms with Crippen molar-refractivity contribution in [1.29, 1.82) is 0 Å². The highest BCUT2D eigenvalue weighted by Crippen LogP contribution is 2.27. The number of benzene rings is 1. The zero-order valence-electron chi connectivity index (χ0n) is 14.9. The van der Waals surface area contributed by atoms with Crippen LogP contribution in [-0.2, 0) is 28.7 Å². The first-order valence-corrected chi connectivity index (χ1v) is 7.34. The predicted molar refractivity (Wildman–Crippen MR) is 92.9 cm³/mol. The number of oxime groups is 2. The van der Waals surface area contributed by atoms with Gasteiger partial charge in [0.1, 0.15) is 19.1 Å². The molecule has 8 heteroatoms. The SMILES string of the molecule is CON=C(C=NOC(C)c1ccccc1C(=CC(=O)OC)OC)OC. The summed E-state index contributed by atoms with van der Waals surface area (Å²) in [5.74, 6) is 0.00492. The summed E-state index contributed by atoms with van der Waals surface area (Å²) in [5.41, 5.74) is 1.47. The zero-order chi connectivity index (χ0) is 18.7. The molecule has 0 aromatic heterocycles. The van der Waals surface area contributed by atoms with Crippen LogP contribution >= 0.6 is 0 Å². The summed E-state index contributed by atoms with van der Waals surface area (Å²) in [4.78, 5) is 21.5. The van der Waals surface area contributed by atoms with Gasteiger partial charge >= 0.3 is 5.97 Å². The molecule has 1 rings (SSSR count). The Labute approximate surface area is 146 Å². The number of nitrogens with zero attached hydrogens (tertiary/aromatic N) is 2. The van der Waals surface area contributed by atoms with E-state index in [1.54, 1.807) is 0 Å². The average Bonchev–Trinajstić information content (AvgIpc) is 2.64. The maximum absolute atomic E-state index is 11.5. The summed E-state index contributed by atoms with van der Waals surface area (Å²) in [5, 5.41) is 7.43. The fourth-order valence-electron chi connectivity index (χ4n) is 1.92. The third-order valence-electron chi connectivity index (χ3n) is 3.11. The lowest BCUT2D eigenvalue weighted by Crippen LogP contribution is -2.06. The van der Waals surface area contributed by atoms with Crippen LogP contribution in [0.1, 0.15) is 24.2 Å². The first kappa shape index (κ1) is 20.0. The number of esters is 1. The van der Waals surface area contributed by atoms with Crippen LogP contribution < -0.4 is 0 Å². The minimum atomic E-state index is -0.515. The van der Waals surface area contributed by atoms with Crippen molar-refractivity contribution in [3.8, 4) is 0 Å². The minimum absolute atomic E-state index is 0.158. The highest BCUT2D eigenvalue weighted by molar-refractivity contribution is 6.25. The van der Waals surface area contributed by atoms with E-state index in [0.717, 1.165) is 5.56 Å². The molecule has 0 aliphatic carbocycles. The molecule has 1 unspecified atom stereocenters. The van der Waals surface area contributed by atoms with Gasteiger partial charge in [0.05, 0.1) is 27.4 Å². The molecule has 0 spiro atoms. The van der Waals surface area contributed by atoms with E-state index in [-0.39, 0.29) is 5.90 Å². The van der Waals surface area contributed by atoms with Crippen LogP contribution in [0.25, 0.3) is 5.76 Å². The van der Waals surface area contributed by atoms with E-state index in [4.69, 9.17) is 14.3 Å². The van der Waals surface area contributed by atoms with Crippen LogP contribution in [0.4, 0.5) is 0 Å². The van der Waals surface area contributed by atoms with Gasteiger partial charge in [-0.2, -0.15) is 0 Å². The van der Waals surface area contributed by atoms with E-state index >= 15 is 0 Å². The van der Waals surface area contributed by atoms with Gasteiger partial charge in [0.15, 0.2) is 6.10 Å². The Hall–Kier alpha value is -3.03. The number of ether oxygens (including phenoxy) is 3. The quantitative estimate of drug-likeness (QED) is 0.179. The highest BCUT2D eigenvalue weighted by atomic mass is 16.6. The van der Waals surface area contributed by atoms with E-state index < -0.39 is 12.1 Å². The second-order valence-corrected chi connectivity index (χ2v) is 4.62. The summed E-state index contributed by atoms with van der Waals surface area (Å²) >= 11 is 0. The van der Waals surface area contributed by atoms with Crippen LogP contribution in [0, 0.1) is 0 Å². The molecule has 1 aromatic carbocycles. The van der Waals surface area contributed by atoms with E-state index in [0.29, 0.717) is 11.3 Å². The molecule has 0 aliphatic heterocycles. The highest BCUT2D eigenvalue weighted by Gasteiger charge is 2.16. The van der Waals surface area contributed by atoms with Crippen molar-refractivity contribution >= 4 is 23.8 Å². The lowest BCUT2D eigenvalue weighted by atomic mass is 10.0. The summed E-state index contributed by atoms with van der Waals surface area (Å²) < 4.78 is 14.9. The zero-order valence-corrected chi connectivity index (χ0v) is 14.9. The topological polar surface area (TPSA) is 87.9 Å². The van der Waals surface area contributed by atoms with E-state index in [2.05, 4.69) is 19.9 Å². The predicted octanol–water partition coefficient (Wildman–Crippen LogP) is 2.52. The van der Waals surface area contributed by atoms with Gasteiger partial charge in [-0.15, -0.1) is 0 Å². The molecule has 0 amide bonds. The molecule has 0 aliphatic rings. The van der Waals surface area contributed by atoms with E-state index in [9.17, 15) is 4.79 Å². The van der Waals surface area contributed by atoms with Crippen molar-refractivity contribution in [3.63, 3.8) is 0 Å². The van der Waals surface area contributed by atoms with Crippen LogP contribution in [0.15, 0.2) is 40.7 Å². The molecule has 0 bridgehead atoms. The average molecular weight is 350 g/mol. The fraction of sp³-hybridized carbons (Fsp3) is 0.353. The fourth-order valence-corrected chi connectivity index (χ4v) is 1.92. The van der Waals surface area contributed by atoms with Crippen molar-refractivity contribution in [2.75, 3.05) is 28.4 Å². The van der Waals surface area contributed by atoms with E-state index in [1.807, 2.05) is 31.2 Å². The number of methoxy groups -OCH3 is 3. The molecular weight excluding hydrogens is 328 g/mol. The number of carbonyl (C=O) groups excluding carboxylic acids is 1. The molecule has 25 heavy (non-hydrogen) atoms. The van der Waals surface area contributed by atoms with Gasteiger partial charge in [-0.25, -0.2) is 4.79 Å². The first-order valence-electron chi connectivity index (χ1n) is 7.34. The minimum Gasteiger partial charge on any atom is -0.496 e. The van der Waals surface area contributed by atoms with E-state index in [1.165, 1.54) is 40.7 Å². The lowest BCUT2D eigenvalue weighted by molar-refractivity contribution is -0.134. The Morgan fingerprint density at radius 2 is 1.80 bits per heavy atom. The second kappa shape index (κ2) is 10.7. The molecule has 0 N–H and O–H groups in total. The van der Waals surface area contributed by atoms with Gasteiger partial charge in [-0.3, -0.25) is 0 Å². The van der Waals surface area contributed by atoms with Gasteiger partial charge in [0.25, 0.3) is 5.90 Å². The number of rotatable bonds is 8. The molecule has 0 saturated carbocycles. The molecular formula is C17H22N2O6. The maximum Gasteiger partial charge on any atom is 0.334 e. The van der Waals surface area contributed by atoms with Gasteiger partial charge in [-0.1, -0.05) is 29.4 Å². The summed E-state index contributed by atoms with van der Waals surface area (Å²) in [6, 6.07) is 7.33. The van der Waals surface area contributed by atoms with Crippen LogP contribution in [0.2, 0.25) is 0 Å². The Bertz CT molecular complexity index is 654. The summed E-state index contributed by atoms with van der Waals surface area (Å²) in [6.45, 7) is 1.81. The Morgan fingerprint density at radius 1 is 1.08 bits per heavy atom. The molecule has 136 valence electrons.